The molecule has 0 bridgehead atoms. The van der Waals surface area contributed by atoms with Crippen LogP contribution in [0.2, 0.25) is 0 Å². The molecule has 0 unspecified atom stereocenters. The number of carbonyl (C=O) groups excluding carboxylic acids is 1. The highest BCUT2D eigenvalue weighted by Crippen LogP contribution is 2.28. The number of piperidine rings is 1. The van der Waals surface area contributed by atoms with E-state index in [9.17, 15) is 4.79 Å². The molecule has 1 aromatic carbocycles. The molecule has 2 rings (SSSR count). The number of anilines is 1. The number of rotatable bonds is 4. The zero-order valence-corrected chi connectivity index (χ0v) is 12.4. The molecule has 1 aliphatic rings. The van der Waals surface area contributed by atoms with Crippen molar-refractivity contribution in [1.29, 1.82) is 0 Å². The van der Waals surface area contributed by atoms with Crippen LogP contribution in [-0.2, 0) is 0 Å². The monoisotopic (exact) mass is 309 g/mol. The highest BCUT2D eigenvalue weighted by Gasteiger charge is 2.19. The van der Waals surface area contributed by atoms with E-state index in [1.807, 2.05) is 6.07 Å². The van der Waals surface area contributed by atoms with E-state index in [0.717, 1.165) is 35.3 Å². The van der Waals surface area contributed by atoms with E-state index < -0.39 is 0 Å². The van der Waals surface area contributed by atoms with E-state index in [1.54, 1.807) is 0 Å². The largest absolute Gasteiger partial charge is 0.371 e. The molecule has 98 valence electrons. The van der Waals surface area contributed by atoms with Crippen LogP contribution in [0, 0.1) is 5.92 Å². The van der Waals surface area contributed by atoms with Crippen LogP contribution in [-0.4, -0.2) is 19.4 Å². The minimum atomic E-state index is 0.722. The number of benzene rings is 1. The lowest BCUT2D eigenvalue weighted by Crippen LogP contribution is -2.33. The molecule has 0 aromatic heterocycles. The molecule has 1 saturated heterocycles. The Kier molecular flexibility index (Phi) is 4.81. The molecule has 0 amide bonds. The first-order valence-corrected chi connectivity index (χ1v) is 7.53. The van der Waals surface area contributed by atoms with Crippen molar-refractivity contribution in [2.45, 2.75) is 32.6 Å². The lowest BCUT2D eigenvalue weighted by molar-refractivity contribution is 0.112. The number of halogens is 1. The van der Waals surface area contributed by atoms with E-state index in [0.29, 0.717) is 0 Å². The molecule has 0 N–H and O–H groups in total. The standard InChI is InChI=1S/C15H20BrNO/c1-2-3-12-6-8-17(9-7-12)14-5-4-13(11-18)15(16)10-14/h4-5,10-12H,2-3,6-9H2,1H3. The van der Waals surface area contributed by atoms with Gasteiger partial charge >= 0.3 is 0 Å². The van der Waals surface area contributed by atoms with Crippen LogP contribution in [0.1, 0.15) is 43.0 Å². The fourth-order valence-corrected chi connectivity index (χ4v) is 3.16. The van der Waals surface area contributed by atoms with Gasteiger partial charge in [-0.15, -0.1) is 0 Å². The fourth-order valence-electron chi connectivity index (χ4n) is 2.70. The van der Waals surface area contributed by atoms with Crippen LogP contribution < -0.4 is 4.90 Å². The first-order valence-electron chi connectivity index (χ1n) is 6.74. The zero-order chi connectivity index (χ0) is 13.0. The SMILES string of the molecule is CCCC1CCN(c2ccc(C=O)c(Br)c2)CC1. The van der Waals surface area contributed by atoms with Gasteiger partial charge in [-0.05, 0) is 52.9 Å². The van der Waals surface area contributed by atoms with Gasteiger partial charge < -0.3 is 4.90 Å². The summed E-state index contributed by atoms with van der Waals surface area (Å²) in [6.07, 6.45) is 6.13. The Morgan fingerprint density at radius 1 is 1.39 bits per heavy atom. The van der Waals surface area contributed by atoms with Gasteiger partial charge in [0.2, 0.25) is 0 Å². The third-order valence-corrected chi connectivity index (χ3v) is 4.47. The normalized spacial score (nSPS) is 16.9. The number of nitrogens with zero attached hydrogens (tertiary/aromatic N) is 1. The molecule has 18 heavy (non-hydrogen) atoms. The summed E-state index contributed by atoms with van der Waals surface area (Å²) in [6.45, 7) is 4.54. The fraction of sp³-hybridized carbons (Fsp3) is 0.533. The molecule has 1 aliphatic heterocycles. The van der Waals surface area contributed by atoms with Gasteiger partial charge in [0, 0.05) is 28.8 Å². The van der Waals surface area contributed by atoms with Crippen LogP contribution >= 0.6 is 15.9 Å². The van der Waals surface area contributed by atoms with E-state index in [1.165, 1.54) is 31.4 Å². The second kappa shape index (κ2) is 6.37. The van der Waals surface area contributed by atoms with E-state index in [4.69, 9.17) is 0 Å². The van der Waals surface area contributed by atoms with Crippen molar-refractivity contribution in [3.8, 4) is 0 Å². The summed E-state index contributed by atoms with van der Waals surface area (Å²) in [4.78, 5) is 13.2. The van der Waals surface area contributed by atoms with Crippen LogP contribution in [0.25, 0.3) is 0 Å². The average Bonchev–Trinajstić information content (AvgIpc) is 2.40. The topological polar surface area (TPSA) is 20.3 Å². The molecule has 0 aliphatic carbocycles. The second-order valence-corrected chi connectivity index (χ2v) is 5.90. The quantitative estimate of drug-likeness (QED) is 0.774. The molecule has 1 heterocycles. The predicted molar refractivity (Wildman–Crippen MR) is 79.4 cm³/mol. The number of carbonyl (C=O) groups is 1. The van der Waals surface area contributed by atoms with Gasteiger partial charge in [0.1, 0.15) is 0 Å². The van der Waals surface area contributed by atoms with Gasteiger partial charge in [0.15, 0.2) is 6.29 Å². The maximum atomic E-state index is 10.8. The lowest BCUT2D eigenvalue weighted by atomic mass is 9.92. The zero-order valence-electron chi connectivity index (χ0n) is 10.9. The maximum absolute atomic E-state index is 10.8. The Bertz CT molecular complexity index is 411. The summed E-state index contributed by atoms with van der Waals surface area (Å²) >= 11 is 3.45. The first kappa shape index (κ1) is 13.6. The molecular weight excluding hydrogens is 290 g/mol. The Hall–Kier alpha value is -0.830. The van der Waals surface area contributed by atoms with Gasteiger partial charge in [0.05, 0.1) is 0 Å². The molecule has 0 spiro atoms. The summed E-state index contributed by atoms with van der Waals surface area (Å²) in [5, 5.41) is 0. The number of aldehydes is 1. The van der Waals surface area contributed by atoms with Crippen molar-refractivity contribution in [2.24, 2.45) is 5.92 Å². The van der Waals surface area contributed by atoms with E-state index >= 15 is 0 Å². The lowest BCUT2D eigenvalue weighted by Gasteiger charge is -2.33. The smallest absolute Gasteiger partial charge is 0.151 e. The Morgan fingerprint density at radius 2 is 2.11 bits per heavy atom. The summed E-state index contributed by atoms with van der Waals surface area (Å²) in [6, 6.07) is 6.00. The Morgan fingerprint density at radius 3 is 2.67 bits per heavy atom. The highest BCUT2D eigenvalue weighted by molar-refractivity contribution is 9.10. The molecular formula is C15H20BrNO. The predicted octanol–water partition coefficient (Wildman–Crippen LogP) is 4.28. The molecule has 0 radical (unpaired) electrons. The van der Waals surface area contributed by atoms with Gasteiger partial charge in [-0.25, -0.2) is 0 Å². The van der Waals surface area contributed by atoms with Crippen LogP contribution in [0.15, 0.2) is 22.7 Å². The van der Waals surface area contributed by atoms with Gasteiger partial charge in [-0.2, -0.15) is 0 Å². The molecule has 0 atom stereocenters. The van der Waals surface area contributed by atoms with Crippen LogP contribution in [0.5, 0.6) is 0 Å². The van der Waals surface area contributed by atoms with Crippen molar-refractivity contribution in [1.82, 2.24) is 0 Å². The van der Waals surface area contributed by atoms with Crippen molar-refractivity contribution >= 4 is 27.9 Å². The summed E-state index contributed by atoms with van der Waals surface area (Å²) in [5.74, 6) is 0.906. The minimum Gasteiger partial charge on any atom is -0.371 e. The molecule has 0 saturated carbocycles. The third-order valence-electron chi connectivity index (χ3n) is 3.79. The van der Waals surface area contributed by atoms with Crippen molar-refractivity contribution in [3.05, 3.63) is 28.2 Å². The maximum Gasteiger partial charge on any atom is 0.151 e. The summed E-state index contributed by atoms with van der Waals surface area (Å²) < 4.78 is 0.894. The highest BCUT2D eigenvalue weighted by atomic mass is 79.9. The van der Waals surface area contributed by atoms with Crippen LogP contribution in [0.3, 0.4) is 0 Å². The average molecular weight is 310 g/mol. The third kappa shape index (κ3) is 3.14. The number of hydrogen-bond acceptors (Lipinski definition) is 2. The van der Waals surface area contributed by atoms with Crippen molar-refractivity contribution in [2.75, 3.05) is 18.0 Å². The summed E-state index contributed by atoms with van der Waals surface area (Å²) in [7, 11) is 0. The number of hydrogen-bond donors (Lipinski definition) is 0. The Labute approximate surface area is 117 Å². The molecule has 3 heteroatoms. The second-order valence-electron chi connectivity index (χ2n) is 5.04. The first-order chi connectivity index (χ1) is 8.74. The van der Waals surface area contributed by atoms with Gasteiger partial charge in [-0.1, -0.05) is 19.8 Å². The van der Waals surface area contributed by atoms with Crippen LogP contribution in [0.4, 0.5) is 5.69 Å². The molecule has 1 aromatic rings. The van der Waals surface area contributed by atoms with Crippen molar-refractivity contribution in [3.63, 3.8) is 0 Å². The van der Waals surface area contributed by atoms with Crippen molar-refractivity contribution < 1.29 is 4.79 Å². The molecule has 2 nitrogen and oxygen atoms in total. The Balaban J connectivity index is 2.01. The summed E-state index contributed by atoms with van der Waals surface area (Å²) in [5.41, 5.74) is 1.95. The van der Waals surface area contributed by atoms with Gasteiger partial charge in [-0.3, -0.25) is 4.79 Å². The van der Waals surface area contributed by atoms with E-state index in [2.05, 4.69) is 39.9 Å². The minimum absolute atomic E-state index is 0.722. The van der Waals surface area contributed by atoms with Gasteiger partial charge in [0.25, 0.3) is 0 Å². The molecule has 1 fully saturated rings. The van der Waals surface area contributed by atoms with E-state index in [-0.39, 0.29) is 0 Å².